The first kappa shape index (κ1) is 17.9. The summed E-state index contributed by atoms with van der Waals surface area (Å²) < 4.78 is 10.9. The first-order chi connectivity index (χ1) is 12.1. The highest BCUT2D eigenvalue weighted by molar-refractivity contribution is 6.31. The van der Waals surface area contributed by atoms with Crippen molar-refractivity contribution in [3.8, 4) is 5.88 Å². The molecule has 3 rings (SSSR count). The molecule has 2 atom stereocenters. The lowest BCUT2D eigenvalue weighted by atomic mass is 9.95. The van der Waals surface area contributed by atoms with E-state index >= 15 is 0 Å². The molecule has 0 bridgehead atoms. The number of carbonyl (C=O) groups is 1. The Morgan fingerprint density at radius 1 is 1.32 bits per heavy atom. The van der Waals surface area contributed by atoms with E-state index in [-0.39, 0.29) is 24.9 Å². The number of aliphatic hydroxyl groups excluding tert-OH is 1. The number of aromatic nitrogens is 1. The number of aliphatic hydroxyl groups is 1. The van der Waals surface area contributed by atoms with E-state index in [4.69, 9.17) is 21.1 Å². The van der Waals surface area contributed by atoms with Crippen molar-refractivity contribution in [2.75, 3.05) is 13.7 Å². The second-order valence-corrected chi connectivity index (χ2v) is 6.52. The van der Waals surface area contributed by atoms with Gasteiger partial charge in [-0.25, -0.2) is 4.98 Å². The molecule has 2 heterocycles. The fourth-order valence-electron chi connectivity index (χ4n) is 2.96. The van der Waals surface area contributed by atoms with Crippen LogP contribution in [0.5, 0.6) is 5.88 Å². The van der Waals surface area contributed by atoms with Crippen LogP contribution in [0.1, 0.15) is 35.6 Å². The lowest BCUT2D eigenvalue weighted by Gasteiger charge is -2.28. The van der Waals surface area contributed by atoms with Crippen LogP contribution >= 0.6 is 11.6 Å². The minimum Gasteiger partial charge on any atom is -0.481 e. The summed E-state index contributed by atoms with van der Waals surface area (Å²) in [6.45, 7) is -0.153. The summed E-state index contributed by atoms with van der Waals surface area (Å²) in [5, 5.41) is 9.95. The fraction of sp³-hybridized carbons (Fsp3) is 0.368. The normalized spacial score (nSPS) is 20.5. The number of ether oxygens (including phenoxy) is 2. The Morgan fingerprint density at radius 2 is 2.16 bits per heavy atom. The van der Waals surface area contributed by atoms with Crippen LogP contribution in [0.4, 0.5) is 0 Å². The van der Waals surface area contributed by atoms with Crippen LogP contribution in [0.15, 0.2) is 36.5 Å². The highest BCUT2D eigenvalue weighted by Crippen LogP contribution is 2.32. The van der Waals surface area contributed by atoms with Gasteiger partial charge in [-0.1, -0.05) is 29.8 Å². The maximum atomic E-state index is 11.9. The molecule has 0 amide bonds. The van der Waals surface area contributed by atoms with Gasteiger partial charge in [-0.05, 0) is 22.8 Å². The van der Waals surface area contributed by atoms with Crippen LogP contribution in [0.3, 0.4) is 0 Å². The molecule has 1 aliphatic heterocycles. The van der Waals surface area contributed by atoms with Gasteiger partial charge in [0.1, 0.15) is 5.78 Å². The minimum atomic E-state index is -0.434. The summed E-state index contributed by atoms with van der Waals surface area (Å²) >= 11 is 6.34. The SMILES string of the molecule is COc1ccc(Cc2cc([C@H]3CC(=O)C[C@@H](CO)O3)ccc2Cl)cn1. The molecule has 5 nitrogen and oxygen atoms in total. The highest BCUT2D eigenvalue weighted by Gasteiger charge is 2.28. The van der Waals surface area contributed by atoms with Gasteiger partial charge in [0.15, 0.2) is 0 Å². The van der Waals surface area contributed by atoms with Crippen molar-refractivity contribution < 1.29 is 19.4 Å². The summed E-state index contributed by atoms with van der Waals surface area (Å²) in [6.07, 6.45) is 2.18. The van der Waals surface area contributed by atoms with Gasteiger partial charge in [0.05, 0.1) is 25.9 Å². The second-order valence-electron chi connectivity index (χ2n) is 6.11. The number of halogens is 1. The van der Waals surface area contributed by atoms with Gasteiger partial charge in [-0.15, -0.1) is 0 Å². The van der Waals surface area contributed by atoms with Crippen molar-refractivity contribution in [2.45, 2.75) is 31.5 Å². The standard InChI is InChI=1S/C19H20ClNO4/c1-24-19-5-2-12(10-21-19)6-14-7-13(3-4-17(14)20)18-9-15(23)8-16(11-22)25-18/h2-5,7,10,16,18,22H,6,8-9,11H2,1H3/t16-,18+/m0/s1. The molecule has 1 aromatic heterocycles. The molecule has 6 heteroatoms. The van der Waals surface area contributed by atoms with Gasteiger partial charge in [0, 0.05) is 36.5 Å². The zero-order valence-corrected chi connectivity index (χ0v) is 14.7. The Hall–Kier alpha value is -1.95. The summed E-state index contributed by atoms with van der Waals surface area (Å²) in [4.78, 5) is 16.1. The van der Waals surface area contributed by atoms with Gasteiger partial charge in [0.2, 0.25) is 5.88 Å². The maximum Gasteiger partial charge on any atom is 0.212 e. The molecule has 1 aliphatic rings. The van der Waals surface area contributed by atoms with E-state index in [1.807, 2.05) is 30.3 Å². The topological polar surface area (TPSA) is 68.7 Å². The summed E-state index contributed by atoms with van der Waals surface area (Å²) in [7, 11) is 1.58. The van der Waals surface area contributed by atoms with Gasteiger partial charge in [0.25, 0.3) is 0 Å². The van der Waals surface area contributed by atoms with Crippen molar-refractivity contribution in [3.63, 3.8) is 0 Å². The van der Waals surface area contributed by atoms with E-state index in [1.54, 1.807) is 13.3 Å². The number of hydrogen-bond donors (Lipinski definition) is 1. The lowest BCUT2D eigenvalue weighted by molar-refractivity contribution is -0.139. The molecule has 1 fully saturated rings. The highest BCUT2D eigenvalue weighted by atomic mass is 35.5. The van der Waals surface area contributed by atoms with Crippen LogP contribution in [0, 0.1) is 0 Å². The third-order valence-electron chi connectivity index (χ3n) is 4.27. The van der Waals surface area contributed by atoms with Crippen molar-refractivity contribution in [3.05, 3.63) is 58.2 Å². The molecule has 2 aromatic rings. The number of hydrogen-bond acceptors (Lipinski definition) is 5. The maximum absolute atomic E-state index is 11.9. The number of carbonyl (C=O) groups excluding carboxylic acids is 1. The molecule has 0 radical (unpaired) electrons. The molecule has 0 unspecified atom stereocenters. The van der Waals surface area contributed by atoms with E-state index in [2.05, 4.69) is 4.98 Å². The van der Waals surface area contributed by atoms with E-state index in [9.17, 15) is 9.90 Å². The zero-order chi connectivity index (χ0) is 17.8. The molecule has 0 spiro atoms. The molecule has 132 valence electrons. The van der Waals surface area contributed by atoms with Crippen molar-refractivity contribution in [1.29, 1.82) is 0 Å². The Kier molecular flexibility index (Phi) is 5.68. The molecule has 1 N–H and O–H groups in total. The third kappa shape index (κ3) is 4.37. The Bertz CT molecular complexity index is 748. The Morgan fingerprint density at radius 3 is 2.84 bits per heavy atom. The number of pyridine rings is 1. The zero-order valence-electron chi connectivity index (χ0n) is 13.9. The van der Waals surface area contributed by atoms with Gasteiger partial charge >= 0.3 is 0 Å². The summed E-state index contributed by atoms with van der Waals surface area (Å²) in [6, 6.07) is 9.40. The number of ketones is 1. The number of nitrogens with zero attached hydrogens (tertiary/aromatic N) is 1. The van der Waals surface area contributed by atoms with Crippen LogP contribution in [0.25, 0.3) is 0 Å². The average molecular weight is 362 g/mol. The van der Waals surface area contributed by atoms with Gasteiger partial charge in [-0.2, -0.15) is 0 Å². The quantitative estimate of drug-likeness (QED) is 0.886. The minimum absolute atomic E-state index is 0.103. The second kappa shape index (κ2) is 7.95. The van der Waals surface area contributed by atoms with Crippen LogP contribution in [-0.2, 0) is 16.0 Å². The smallest absolute Gasteiger partial charge is 0.212 e. The predicted molar refractivity (Wildman–Crippen MR) is 94.0 cm³/mol. The molecule has 1 aromatic carbocycles. The van der Waals surface area contributed by atoms with Crippen LogP contribution in [-0.4, -0.2) is 35.7 Å². The molecule has 0 saturated carbocycles. The number of Topliss-reactive ketones (excluding diaryl/α,β-unsaturated/α-hetero) is 1. The van der Waals surface area contributed by atoms with Crippen LogP contribution < -0.4 is 4.74 Å². The fourth-order valence-corrected chi connectivity index (χ4v) is 3.15. The first-order valence-electron chi connectivity index (χ1n) is 8.14. The van der Waals surface area contributed by atoms with E-state index in [1.165, 1.54) is 0 Å². The van der Waals surface area contributed by atoms with Crippen molar-refractivity contribution in [2.24, 2.45) is 0 Å². The number of benzene rings is 1. The lowest BCUT2D eigenvalue weighted by Crippen LogP contribution is -2.30. The first-order valence-corrected chi connectivity index (χ1v) is 8.52. The van der Waals surface area contributed by atoms with Crippen molar-refractivity contribution in [1.82, 2.24) is 4.98 Å². The Balaban J connectivity index is 1.81. The molecule has 25 heavy (non-hydrogen) atoms. The average Bonchev–Trinajstić information content (AvgIpc) is 2.63. The molecular weight excluding hydrogens is 342 g/mol. The summed E-state index contributed by atoms with van der Waals surface area (Å²) in [5.41, 5.74) is 2.84. The number of methoxy groups -OCH3 is 1. The molecule has 0 aliphatic carbocycles. The molecule has 1 saturated heterocycles. The van der Waals surface area contributed by atoms with Gasteiger partial charge in [-0.3, -0.25) is 4.79 Å². The monoisotopic (exact) mass is 361 g/mol. The summed E-state index contributed by atoms with van der Waals surface area (Å²) in [5.74, 6) is 0.666. The van der Waals surface area contributed by atoms with E-state index in [0.29, 0.717) is 23.7 Å². The van der Waals surface area contributed by atoms with Crippen molar-refractivity contribution >= 4 is 17.4 Å². The van der Waals surface area contributed by atoms with E-state index in [0.717, 1.165) is 16.7 Å². The van der Waals surface area contributed by atoms with Gasteiger partial charge < -0.3 is 14.6 Å². The van der Waals surface area contributed by atoms with E-state index < -0.39 is 6.10 Å². The molecular formula is C19H20ClNO4. The third-order valence-corrected chi connectivity index (χ3v) is 4.64. The predicted octanol–water partition coefficient (Wildman–Crippen LogP) is 3.12. The number of rotatable bonds is 5. The largest absolute Gasteiger partial charge is 0.481 e. The Labute approximate surface area is 151 Å². The van der Waals surface area contributed by atoms with Crippen LogP contribution in [0.2, 0.25) is 5.02 Å².